The first-order valence-electron chi connectivity index (χ1n) is 9.28. The lowest BCUT2D eigenvalue weighted by Gasteiger charge is -2.42. The molecule has 7 heteroatoms. The fourth-order valence-corrected chi connectivity index (χ4v) is 7.59. The average molecular weight is 407 g/mol. The molecule has 0 spiro atoms. The molecule has 1 rings (SSSR count). The van der Waals surface area contributed by atoms with Crippen molar-refractivity contribution in [1.29, 1.82) is 5.26 Å². The summed E-state index contributed by atoms with van der Waals surface area (Å²) in [6.45, 7) is 16.0. The fourth-order valence-electron chi connectivity index (χ4n) is 2.83. The number of nitriles is 1. The highest BCUT2D eigenvalue weighted by molar-refractivity contribution is 8.77. The van der Waals surface area contributed by atoms with Crippen LogP contribution in [-0.2, 0) is 9.05 Å². The summed E-state index contributed by atoms with van der Waals surface area (Å²) in [4.78, 5) is 0. The Balaban J connectivity index is 2.90. The zero-order chi connectivity index (χ0) is 19.0. The Kier molecular flexibility index (Phi) is 10.7. The topological polar surface area (TPSA) is 45.5 Å². The SMILES string of the molecule is CC1CCCC(OP(OCCC#N)N(C(C)C)C(C)C)C(C)(C)SS1. The minimum atomic E-state index is -1.17. The van der Waals surface area contributed by atoms with Crippen LogP contribution in [0.1, 0.15) is 74.1 Å². The van der Waals surface area contributed by atoms with Crippen molar-refractivity contribution in [2.45, 2.75) is 102 Å². The monoisotopic (exact) mass is 406 g/mol. The lowest BCUT2D eigenvalue weighted by Crippen LogP contribution is -2.39. The number of rotatable bonds is 8. The van der Waals surface area contributed by atoms with Gasteiger partial charge in [0, 0.05) is 22.1 Å². The van der Waals surface area contributed by atoms with Crippen LogP contribution in [-0.4, -0.2) is 39.5 Å². The van der Waals surface area contributed by atoms with E-state index < -0.39 is 8.53 Å². The molecule has 0 bridgehead atoms. The average Bonchev–Trinajstić information content (AvgIpc) is 2.50. The first-order chi connectivity index (χ1) is 11.7. The van der Waals surface area contributed by atoms with Crippen molar-refractivity contribution in [1.82, 2.24) is 4.67 Å². The molecule has 0 aromatic heterocycles. The second-order valence-electron chi connectivity index (χ2n) is 7.67. The van der Waals surface area contributed by atoms with E-state index in [0.29, 0.717) is 30.4 Å². The maximum Gasteiger partial charge on any atom is 0.259 e. The van der Waals surface area contributed by atoms with Crippen LogP contribution in [0.4, 0.5) is 0 Å². The van der Waals surface area contributed by atoms with Gasteiger partial charge in [-0.05, 0) is 60.8 Å². The van der Waals surface area contributed by atoms with Crippen LogP contribution in [0.25, 0.3) is 0 Å². The van der Waals surface area contributed by atoms with Crippen LogP contribution in [0.15, 0.2) is 0 Å². The fraction of sp³-hybridized carbons (Fsp3) is 0.944. The molecule has 25 heavy (non-hydrogen) atoms. The highest BCUT2D eigenvalue weighted by atomic mass is 33.1. The van der Waals surface area contributed by atoms with Gasteiger partial charge in [0.15, 0.2) is 0 Å². The van der Waals surface area contributed by atoms with Gasteiger partial charge in [0.25, 0.3) is 8.53 Å². The molecule has 3 unspecified atom stereocenters. The molecule has 1 heterocycles. The molecule has 0 saturated carbocycles. The molecule has 146 valence electrons. The Bertz CT molecular complexity index is 422. The van der Waals surface area contributed by atoms with Gasteiger partial charge in [-0.25, -0.2) is 4.67 Å². The van der Waals surface area contributed by atoms with Crippen LogP contribution in [0.3, 0.4) is 0 Å². The Morgan fingerprint density at radius 1 is 1.24 bits per heavy atom. The summed E-state index contributed by atoms with van der Waals surface area (Å²) >= 11 is 0. The number of hydrogen-bond acceptors (Lipinski definition) is 6. The summed E-state index contributed by atoms with van der Waals surface area (Å²) in [7, 11) is 2.76. The first-order valence-corrected chi connectivity index (χ1v) is 12.6. The molecule has 1 fully saturated rings. The van der Waals surface area contributed by atoms with Crippen molar-refractivity contribution in [2.24, 2.45) is 0 Å². The predicted molar refractivity (Wildman–Crippen MR) is 113 cm³/mol. The normalized spacial score (nSPS) is 25.6. The van der Waals surface area contributed by atoms with Crippen molar-refractivity contribution in [2.75, 3.05) is 6.61 Å². The molecule has 0 radical (unpaired) electrons. The first kappa shape index (κ1) is 23.5. The zero-order valence-corrected chi connectivity index (χ0v) is 19.3. The Hall–Kier alpha value is 0.500. The van der Waals surface area contributed by atoms with E-state index in [4.69, 9.17) is 14.3 Å². The Labute approximate surface area is 164 Å². The van der Waals surface area contributed by atoms with Crippen LogP contribution in [0, 0.1) is 11.3 Å². The van der Waals surface area contributed by atoms with Gasteiger partial charge in [0.05, 0.1) is 25.2 Å². The summed E-state index contributed by atoms with van der Waals surface area (Å²) in [6.07, 6.45) is 4.05. The predicted octanol–water partition coefficient (Wildman–Crippen LogP) is 6.38. The summed E-state index contributed by atoms with van der Waals surface area (Å²) in [5, 5.41) is 9.55. The van der Waals surface area contributed by atoms with Gasteiger partial charge in [-0.3, -0.25) is 0 Å². The number of nitrogens with zero attached hydrogens (tertiary/aromatic N) is 2. The Morgan fingerprint density at radius 3 is 2.44 bits per heavy atom. The van der Waals surface area contributed by atoms with Crippen molar-refractivity contribution in [3.63, 3.8) is 0 Å². The lowest BCUT2D eigenvalue weighted by molar-refractivity contribution is 0.107. The van der Waals surface area contributed by atoms with Crippen LogP contribution >= 0.6 is 30.1 Å². The van der Waals surface area contributed by atoms with Gasteiger partial charge < -0.3 is 9.05 Å². The minimum Gasteiger partial charge on any atom is -0.321 e. The van der Waals surface area contributed by atoms with E-state index in [1.165, 1.54) is 12.8 Å². The molecule has 4 nitrogen and oxygen atoms in total. The quantitative estimate of drug-likeness (QED) is 0.265. The molecule has 0 aromatic carbocycles. The van der Waals surface area contributed by atoms with Gasteiger partial charge >= 0.3 is 0 Å². The molecule has 1 saturated heterocycles. The molecule has 3 atom stereocenters. The summed E-state index contributed by atoms with van der Waals surface area (Å²) in [5.41, 5.74) is 0. The van der Waals surface area contributed by atoms with Gasteiger partial charge in [-0.1, -0.05) is 28.5 Å². The van der Waals surface area contributed by atoms with E-state index in [-0.39, 0.29) is 10.9 Å². The summed E-state index contributed by atoms with van der Waals surface area (Å²) < 4.78 is 15.1. The molecule has 0 aromatic rings. The lowest BCUT2D eigenvalue weighted by atomic mass is 10.00. The molecule has 0 N–H and O–H groups in total. The van der Waals surface area contributed by atoms with Crippen LogP contribution in [0.5, 0.6) is 0 Å². The highest BCUT2D eigenvalue weighted by Crippen LogP contribution is 2.53. The van der Waals surface area contributed by atoms with Crippen LogP contribution < -0.4 is 0 Å². The minimum absolute atomic E-state index is 0.0398. The standard InChI is InChI=1S/C18H35N2O2PS2/c1-14(2)20(15(3)4)23(21-13-9-12-19)22-17-11-8-10-16(5)24-25-18(17,6)7/h14-17H,8-11,13H2,1-7H3. The van der Waals surface area contributed by atoms with E-state index in [2.05, 4.69) is 59.2 Å². The van der Waals surface area contributed by atoms with E-state index in [9.17, 15) is 0 Å². The van der Waals surface area contributed by atoms with E-state index in [0.717, 1.165) is 6.42 Å². The van der Waals surface area contributed by atoms with E-state index in [1.807, 2.05) is 21.6 Å². The van der Waals surface area contributed by atoms with Gasteiger partial charge in [-0.2, -0.15) is 5.26 Å². The highest BCUT2D eigenvalue weighted by Gasteiger charge is 2.38. The molecular formula is C18H35N2O2PS2. The largest absolute Gasteiger partial charge is 0.321 e. The van der Waals surface area contributed by atoms with Crippen molar-refractivity contribution < 1.29 is 9.05 Å². The van der Waals surface area contributed by atoms with Gasteiger partial charge in [0.2, 0.25) is 0 Å². The summed E-state index contributed by atoms with van der Waals surface area (Å²) in [5.74, 6) is 0. The third kappa shape index (κ3) is 7.95. The number of hydrogen-bond donors (Lipinski definition) is 0. The third-order valence-electron chi connectivity index (χ3n) is 4.16. The second kappa shape index (κ2) is 11.4. The van der Waals surface area contributed by atoms with Gasteiger partial charge in [0.1, 0.15) is 0 Å². The van der Waals surface area contributed by atoms with Crippen molar-refractivity contribution in [3.05, 3.63) is 0 Å². The van der Waals surface area contributed by atoms with E-state index in [1.54, 1.807) is 0 Å². The molecule has 0 aliphatic carbocycles. The second-order valence-corrected chi connectivity index (χ2v) is 12.4. The molecular weight excluding hydrogens is 371 g/mol. The van der Waals surface area contributed by atoms with Crippen molar-refractivity contribution in [3.8, 4) is 6.07 Å². The molecule has 1 aliphatic rings. The summed E-state index contributed by atoms with van der Waals surface area (Å²) in [6, 6.07) is 2.85. The smallest absolute Gasteiger partial charge is 0.259 e. The van der Waals surface area contributed by atoms with Crippen molar-refractivity contribution >= 4 is 30.1 Å². The van der Waals surface area contributed by atoms with Gasteiger partial charge in [-0.15, -0.1) is 0 Å². The Morgan fingerprint density at radius 2 is 1.88 bits per heavy atom. The maximum absolute atomic E-state index is 8.85. The molecule has 1 aliphatic heterocycles. The maximum atomic E-state index is 8.85. The third-order valence-corrected chi connectivity index (χ3v) is 10.2. The van der Waals surface area contributed by atoms with Crippen LogP contribution in [0.2, 0.25) is 0 Å². The van der Waals surface area contributed by atoms with E-state index >= 15 is 0 Å². The zero-order valence-electron chi connectivity index (χ0n) is 16.8. The molecule has 0 amide bonds.